The Hall–Kier alpha value is -1.55. The number of hydrogen-bond acceptors (Lipinski definition) is 3. The summed E-state index contributed by atoms with van der Waals surface area (Å²) >= 11 is 6.19. The molecule has 0 spiro atoms. The van der Waals surface area contributed by atoms with Crippen LogP contribution in [-0.4, -0.2) is 14.8 Å². The van der Waals surface area contributed by atoms with Gasteiger partial charge in [0.25, 0.3) is 0 Å². The number of anilines is 1. The zero-order chi connectivity index (χ0) is 11.8. The molecule has 1 aromatic heterocycles. The summed E-state index contributed by atoms with van der Waals surface area (Å²) in [7, 11) is 0. The largest absolute Gasteiger partial charge is 0.399 e. The average Bonchev–Trinajstić information content (AvgIpc) is 2.76. The maximum Gasteiger partial charge on any atom is 0.165 e. The highest BCUT2D eigenvalue weighted by molar-refractivity contribution is 6.33. The summed E-state index contributed by atoms with van der Waals surface area (Å²) in [5, 5.41) is 9.13. The summed E-state index contributed by atoms with van der Waals surface area (Å²) in [5.41, 5.74) is 7.35. The van der Waals surface area contributed by atoms with Gasteiger partial charge in [0.1, 0.15) is 5.82 Å². The Kier molecular flexibility index (Phi) is 2.52. The quantitative estimate of drug-likeness (QED) is 0.789. The fourth-order valence-corrected chi connectivity index (χ4v) is 2.42. The van der Waals surface area contributed by atoms with Gasteiger partial charge in [0.05, 0.1) is 5.02 Å². The summed E-state index contributed by atoms with van der Waals surface area (Å²) in [4.78, 5) is 0. The lowest BCUT2D eigenvalue weighted by Crippen LogP contribution is -2.11. The normalized spacial score (nSPS) is 14.6. The number of hydrogen-bond donors (Lipinski definition) is 1. The second-order valence-corrected chi connectivity index (χ2v) is 4.70. The fourth-order valence-electron chi connectivity index (χ4n) is 2.22. The van der Waals surface area contributed by atoms with Gasteiger partial charge in [-0.3, -0.25) is 0 Å². The lowest BCUT2D eigenvalue weighted by molar-refractivity contribution is 0.526. The molecule has 0 atom stereocenters. The first-order valence-electron chi connectivity index (χ1n) is 5.73. The van der Waals surface area contributed by atoms with Gasteiger partial charge in [0, 0.05) is 24.2 Å². The Morgan fingerprint density at radius 1 is 1.24 bits per heavy atom. The molecule has 1 aromatic carbocycles. The molecule has 88 valence electrons. The molecular weight excluding hydrogens is 236 g/mol. The highest BCUT2D eigenvalue weighted by atomic mass is 35.5. The zero-order valence-corrected chi connectivity index (χ0v) is 10.1. The van der Waals surface area contributed by atoms with Crippen molar-refractivity contribution in [3.05, 3.63) is 29.0 Å². The molecule has 0 radical (unpaired) electrons. The van der Waals surface area contributed by atoms with E-state index in [1.807, 2.05) is 6.07 Å². The van der Waals surface area contributed by atoms with Crippen molar-refractivity contribution in [3.63, 3.8) is 0 Å². The monoisotopic (exact) mass is 248 g/mol. The molecule has 2 heterocycles. The predicted octanol–water partition coefficient (Wildman–Crippen LogP) is 2.52. The maximum absolute atomic E-state index is 6.19. The Morgan fingerprint density at radius 3 is 3.00 bits per heavy atom. The van der Waals surface area contributed by atoms with Crippen molar-refractivity contribution in [2.45, 2.75) is 25.8 Å². The molecule has 1 aliphatic rings. The van der Waals surface area contributed by atoms with Crippen LogP contribution in [0.2, 0.25) is 5.02 Å². The predicted molar refractivity (Wildman–Crippen MR) is 67.8 cm³/mol. The molecule has 17 heavy (non-hydrogen) atoms. The first-order chi connectivity index (χ1) is 8.25. The van der Waals surface area contributed by atoms with Crippen LogP contribution in [0.15, 0.2) is 18.2 Å². The minimum Gasteiger partial charge on any atom is -0.399 e. The summed E-state index contributed by atoms with van der Waals surface area (Å²) in [5.74, 6) is 1.88. The van der Waals surface area contributed by atoms with Crippen molar-refractivity contribution in [1.82, 2.24) is 14.8 Å². The lowest BCUT2D eigenvalue weighted by Gasteiger charge is -2.15. The molecule has 0 bridgehead atoms. The number of benzene rings is 1. The van der Waals surface area contributed by atoms with Crippen molar-refractivity contribution >= 4 is 17.3 Å². The number of rotatable bonds is 1. The fraction of sp³-hybridized carbons (Fsp3) is 0.333. The summed E-state index contributed by atoms with van der Waals surface area (Å²) in [6, 6.07) is 5.45. The third kappa shape index (κ3) is 1.78. The van der Waals surface area contributed by atoms with Gasteiger partial charge in [-0.2, -0.15) is 0 Å². The Bertz CT molecular complexity index is 562. The number of fused-ring (bicyclic) bond motifs is 1. The second-order valence-electron chi connectivity index (χ2n) is 4.29. The zero-order valence-electron chi connectivity index (χ0n) is 9.36. The van der Waals surface area contributed by atoms with E-state index in [0.717, 1.165) is 36.6 Å². The highest BCUT2D eigenvalue weighted by Gasteiger charge is 2.18. The van der Waals surface area contributed by atoms with Crippen molar-refractivity contribution in [3.8, 4) is 11.4 Å². The molecule has 3 rings (SSSR count). The van der Waals surface area contributed by atoms with Gasteiger partial charge in [-0.25, -0.2) is 0 Å². The minimum absolute atomic E-state index is 0.667. The Morgan fingerprint density at radius 2 is 2.12 bits per heavy atom. The number of nitrogen functional groups attached to an aromatic ring is 1. The number of nitrogens with two attached hydrogens (primary N) is 1. The van der Waals surface area contributed by atoms with Crippen molar-refractivity contribution in [1.29, 1.82) is 0 Å². The third-order valence-electron chi connectivity index (χ3n) is 3.09. The van der Waals surface area contributed by atoms with E-state index < -0.39 is 0 Å². The molecule has 0 amide bonds. The van der Waals surface area contributed by atoms with Gasteiger partial charge in [-0.1, -0.05) is 11.6 Å². The maximum atomic E-state index is 6.19. The first-order valence-corrected chi connectivity index (χ1v) is 6.11. The van der Waals surface area contributed by atoms with Crippen molar-refractivity contribution in [2.24, 2.45) is 0 Å². The van der Waals surface area contributed by atoms with Gasteiger partial charge in [0.15, 0.2) is 5.82 Å². The molecule has 1 aliphatic heterocycles. The van der Waals surface area contributed by atoms with Crippen LogP contribution >= 0.6 is 11.6 Å². The number of aryl methyl sites for hydroxylation is 1. The molecule has 0 saturated heterocycles. The topological polar surface area (TPSA) is 56.7 Å². The van der Waals surface area contributed by atoms with Crippen LogP contribution in [0.3, 0.4) is 0 Å². The molecule has 0 unspecified atom stereocenters. The van der Waals surface area contributed by atoms with E-state index in [0.29, 0.717) is 10.7 Å². The van der Waals surface area contributed by atoms with Crippen LogP contribution in [0.4, 0.5) is 5.69 Å². The number of aromatic nitrogens is 3. The average molecular weight is 249 g/mol. The van der Waals surface area contributed by atoms with Crippen molar-refractivity contribution in [2.75, 3.05) is 5.73 Å². The minimum atomic E-state index is 0.667. The molecule has 0 saturated carbocycles. The summed E-state index contributed by atoms with van der Waals surface area (Å²) in [6.07, 6.45) is 3.34. The molecular formula is C12H13ClN4. The van der Waals surface area contributed by atoms with E-state index in [-0.39, 0.29) is 0 Å². The van der Waals surface area contributed by atoms with Crippen molar-refractivity contribution < 1.29 is 0 Å². The molecule has 4 nitrogen and oxygen atoms in total. The SMILES string of the molecule is Nc1ccc(Cl)c(-c2nnc3n2CCCC3)c1. The highest BCUT2D eigenvalue weighted by Crippen LogP contribution is 2.30. The lowest BCUT2D eigenvalue weighted by atomic mass is 10.1. The van der Waals surface area contributed by atoms with E-state index in [1.54, 1.807) is 12.1 Å². The van der Waals surface area contributed by atoms with Crippen LogP contribution in [0.1, 0.15) is 18.7 Å². The Balaban J connectivity index is 2.15. The van der Waals surface area contributed by atoms with Gasteiger partial charge < -0.3 is 10.3 Å². The Labute approximate surface area is 104 Å². The molecule has 2 aromatic rings. The molecule has 0 aliphatic carbocycles. The van der Waals surface area contributed by atoms with Crippen LogP contribution in [0, 0.1) is 0 Å². The van der Waals surface area contributed by atoms with Gasteiger partial charge in [0.2, 0.25) is 0 Å². The van der Waals surface area contributed by atoms with Crippen LogP contribution in [-0.2, 0) is 13.0 Å². The standard InChI is InChI=1S/C12H13ClN4/c13-10-5-4-8(14)7-9(10)12-16-15-11-3-1-2-6-17(11)12/h4-5,7H,1-3,6,14H2. The van der Waals surface area contributed by atoms with Crippen LogP contribution in [0.25, 0.3) is 11.4 Å². The van der Waals surface area contributed by atoms with Gasteiger partial charge in [-0.15, -0.1) is 10.2 Å². The molecule has 2 N–H and O–H groups in total. The smallest absolute Gasteiger partial charge is 0.165 e. The third-order valence-corrected chi connectivity index (χ3v) is 3.42. The summed E-state index contributed by atoms with van der Waals surface area (Å²) < 4.78 is 2.14. The number of halogens is 1. The van der Waals surface area contributed by atoms with E-state index >= 15 is 0 Å². The van der Waals surface area contributed by atoms with Crippen LogP contribution in [0.5, 0.6) is 0 Å². The molecule has 5 heteroatoms. The molecule has 0 fully saturated rings. The first kappa shape index (κ1) is 10.6. The van der Waals surface area contributed by atoms with Gasteiger partial charge >= 0.3 is 0 Å². The summed E-state index contributed by atoms with van der Waals surface area (Å²) in [6.45, 7) is 0.961. The van der Waals surface area contributed by atoms with E-state index in [4.69, 9.17) is 17.3 Å². The van der Waals surface area contributed by atoms with E-state index in [1.165, 1.54) is 6.42 Å². The second kappa shape index (κ2) is 4.04. The van der Waals surface area contributed by atoms with E-state index in [2.05, 4.69) is 14.8 Å². The van der Waals surface area contributed by atoms with Gasteiger partial charge in [-0.05, 0) is 31.0 Å². The number of nitrogens with zero attached hydrogens (tertiary/aromatic N) is 3. The van der Waals surface area contributed by atoms with Crippen LogP contribution < -0.4 is 5.73 Å². The van der Waals surface area contributed by atoms with E-state index in [9.17, 15) is 0 Å².